The Kier molecular flexibility index (Phi) is 12.1. The number of ether oxygens (including phenoxy) is 2. The largest absolute Gasteiger partial charge is 0.445 e. The van der Waals surface area contributed by atoms with E-state index < -0.39 is 30.1 Å². The van der Waals surface area contributed by atoms with E-state index in [1.54, 1.807) is 0 Å². The number of rotatable bonds is 16. The van der Waals surface area contributed by atoms with Gasteiger partial charge in [-0.15, -0.1) is 0 Å². The summed E-state index contributed by atoms with van der Waals surface area (Å²) in [6.07, 6.45) is 3.73. The number of esters is 1. The lowest BCUT2D eigenvalue weighted by Crippen LogP contribution is -2.50. The van der Waals surface area contributed by atoms with E-state index >= 15 is 0 Å². The molecule has 4 N–H and O–H groups in total. The number of benzene rings is 1. The monoisotopic (exact) mass is 475 g/mol. The van der Waals surface area contributed by atoms with Crippen LogP contribution in [0.3, 0.4) is 0 Å². The van der Waals surface area contributed by atoms with Crippen LogP contribution in [0.25, 0.3) is 0 Å². The van der Waals surface area contributed by atoms with E-state index in [0.29, 0.717) is 25.2 Å². The van der Waals surface area contributed by atoms with Gasteiger partial charge in [-0.1, -0.05) is 50.1 Å². The first-order chi connectivity index (χ1) is 16.4. The Morgan fingerprint density at radius 1 is 1.09 bits per heavy atom. The van der Waals surface area contributed by atoms with Crippen molar-refractivity contribution in [3.63, 3.8) is 0 Å². The number of carbonyl (C=O) groups is 4. The lowest BCUT2D eigenvalue weighted by Gasteiger charge is -2.21. The molecule has 1 saturated carbocycles. The highest BCUT2D eigenvalue weighted by Crippen LogP contribution is 2.32. The number of unbranched alkanes of at least 4 members (excludes halogenated alkanes) is 2. The summed E-state index contributed by atoms with van der Waals surface area (Å²) in [5.41, 5.74) is 6.70. The number of alkyl carbamates (subject to hydrolysis) is 1. The van der Waals surface area contributed by atoms with Gasteiger partial charge in [0.1, 0.15) is 6.61 Å². The summed E-state index contributed by atoms with van der Waals surface area (Å²) in [4.78, 5) is 48.9. The van der Waals surface area contributed by atoms with Crippen molar-refractivity contribution in [2.45, 2.75) is 83.6 Å². The first kappa shape index (κ1) is 27.3. The van der Waals surface area contributed by atoms with Crippen LogP contribution in [-0.4, -0.2) is 42.6 Å². The second kappa shape index (κ2) is 15.1. The van der Waals surface area contributed by atoms with Gasteiger partial charge in [0.25, 0.3) is 0 Å². The molecule has 2 unspecified atom stereocenters. The van der Waals surface area contributed by atoms with Crippen molar-refractivity contribution in [1.29, 1.82) is 0 Å². The first-order valence-electron chi connectivity index (χ1n) is 12.1. The molecule has 1 aromatic carbocycles. The highest BCUT2D eigenvalue weighted by Gasteiger charge is 2.30. The molecule has 0 heterocycles. The van der Waals surface area contributed by atoms with Crippen LogP contribution in [0.5, 0.6) is 0 Å². The Labute approximate surface area is 201 Å². The zero-order chi connectivity index (χ0) is 24.8. The van der Waals surface area contributed by atoms with Gasteiger partial charge in [0, 0.05) is 19.4 Å². The number of ketones is 1. The van der Waals surface area contributed by atoms with Crippen molar-refractivity contribution in [3.8, 4) is 0 Å². The van der Waals surface area contributed by atoms with Gasteiger partial charge in [-0.25, -0.2) is 4.79 Å². The van der Waals surface area contributed by atoms with E-state index in [2.05, 4.69) is 10.6 Å². The maximum absolute atomic E-state index is 12.8. The topological polar surface area (TPSA) is 137 Å². The van der Waals surface area contributed by atoms with E-state index in [0.717, 1.165) is 31.2 Å². The molecule has 0 radical (unpaired) electrons. The molecule has 1 aliphatic rings. The van der Waals surface area contributed by atoms with Gasteiger partial charge in [-0.05, 0) is 43.6 Å². The molecule has 1 fully saturated rings. The van der Waals surface area contributed by atoms with Gasteiger partial charge in [-0.3, -0.25) is 20.1 Å². The summed E-state index contributed by atoms with van der Waals surface area (Å²) in [7, 11) is 0. The zero-order valence-corrected chi connectivity index (χ0v) is 19.9. The van der Waals surface area contributed by atoms with Crippen molar-refractivity contribution < 1.29 is 28.7 Å². The quantitative estimate of drug-likeness (QED) is 0.190. The number of carbonyl (C=O) groups excluding carboxylic acids is 4. The van der Waals surface area contributed by atoms with Crippen molar-refractivity contribution in [3.05, 3.63) is 35.9 Å². The molecule has 0 bridgehead atoms. The Bertz CT molecular complexity index is 797. The van der Waals surface area contributed by atoms with Gasteiger partial charge >= 0.3 is 12.1 Å². The zero-order valence-electron chi connectivity index (χ0n) is 19.9. The molecule has 34 heavy (non-hydrogen) atoms. The minimum atomic E-state index is -1.44. The normalized spacial score (nSPS) is 14.5. The third kappa shape index (κ3) is 11.3. The summed E-state index contributed by atoms with van der Waals surface area (Å²) in [6, 6.07) is 8.41. The summed E-state index contributed by atoms with van der Waals surface area (Å²) < 4.78 is 10.2. The molecule has 9 nitrogen and oxygen atoms in total. The van der Waals surface area contributed by atoms with Gasteiger partial charge < -0.3 is 20.1 Å². The van der Waals surface area contributed by atoms with E-state index in [-0.39, 0.29) is 31.9 Å². The molecule has 2 rings (SSSR count). The molecular formula is C25H37N3O6. The smallest absolute Gasteiger partial charge is 0.407 e. The lowest BCUT2D eigenvalue weighted by molar-refractivity contribution is -0.155. The highest BCUT2D eigenvalue weighted by atomic mass is 16.6. The fourth-order valence-electron chi connectivity index (χ4n) is 3.37. The fraction of sp³-hybridized carbons (Fsp3) is 0.600. The Morgan fingerprint density at radius 3 is 2.50 bits per heavy atom. The average Bonchev–Trinajstić information content (AvgIpc) is 3.63. The average molecular weight is 476 g/mol. The second-order valence-corrected chi connectivity index (χ2v) is 8.67. The Morgan fingerprint density at radius 2 is 1.82 bits per heavy atom. The molecule has 0 spiro atoms. The number of hydrogen-bond donors (Lipinski definition) is 3. The van der Waals surface area contributed by atoms with Crippen LogP contribution in [-0.2, 0) is 30.5 Å². The third-order valence-electron chi connectivity index (χ3n) is 5.52. The summed E-state index contributed by atoms with van der Waals surface area (Å²) in [6.45, 7) is 2.43. The summed E-state index contributed by atoms with van der Waals surface area (Å²) >= 11 is 0. The van der Waals surface area contributed by atoms with Crippen molar-refractivity contribution in [2.24, 2.45) is 11.7 Å². The molecule has 1 aliphatic carbocycles. The molecule has 2 atom stereocenters. The number of nitrogens with two attached hydrogens (primary N) is 1. The Balaban J connectivity index is 1.78. The molecular weight excluding hydrogens is 438 g/mol. The fourth-order valence-corrected chi connectivity index (χ4v) is 3.37. The van der Waals surface area contributed by atoms with Crippen molar-refractivity contribution >= 4 is 23.8 Å². The number of hydrogen-bond acceptors (Lipinski definition) is 7. The Hall–Kier alpha value is -2.94. The maximum atomic E-state index is 12.8. The van der Waals surface area contributed by atoms with Crippen LogP contribution in [0.2, 0.25) is 0 Å². The second-order valence-electron chi connectivity index (χ2n) is 8.67. The predicted molar refractivity (Wildman–Crippen MR) is 126 cm³/mol. The van der Waals surface area contributed by atoms with E-state index in [9.17, 15) is 19.2 Å². The van der Waals surface area contributed by atoms with Crippen LogP contribution in [0.1, 0.15) is 70.3 Å². The number of amides is 2. The maximum Gasteiger partial charge on any atom is 0.407 e. The summed E-state index contributed by atoms with van der Waals surface area (Å²) in [5.74, 6) is -0.945. The minimum Gasteiger partial charge on any atom is -0.445 e. The SMILES string of the molecule is CCCCCC(=O)OC(N)C(=O)C(CCCNC(=O)OCc1ccccc1)NC(=O)CC1CC1. The summed E-state index contributed by atoms with van der Waals surface area (Å²) in [5, 5.41) is 5.36. The van der Waals surface area contributed by atoms with Gasteiger partial charge in [0.05, 0.1) is 6.04 Å². The number of nitrogens with one attached hydrogen (secondary N) is 2. The lowest BCUT2D eigenvalue weighted by atomic mass is 10.0. The minimum absolute atomic E-state index is 0.156. The van der Waals surface area contributed by atoms with Crippen LogP contribution in [0, 0.1) is 5.92 Å². The van der Waals surface area contributed by atoms with Crippen LogP contribution >= 0.6 is 0 Å². The highest BCUT2D eigenvalue weighted by molar-refractivity contribution is 5.92. The van der Waals surface area contributed by atoms with Crippen LogP contribution in [0.4, 0.5) is 4.79 Å². The van der Waals surface area contributed by atoms with Crippen molar-refractivity contribution in [2.75, 3.05) is 6.54 Å². The predicted octanol–water partition coefficient (Wildman–Crippen LogP) is 2.96. The molecule has 2 amide bonds. The van der Waals surface area contributed by atoms with E-state index in [1.165, 1.54) is 0 Å². The van der Waals surface area contributed by atoms with Gasteiger partial charge in [0.15, 0.2) is 0 Å². The van der Waals surface area contributed by atoms with E-state index in [4.69, 9.17) is 15.2 Å². The van der Waals surface area contributed by atoms with Gasteiger partial charge in [0.2, 0.25) is 17.9 Å². The third-order valence-corrected chi connectivity index (χ3v) is 5.52. The molecule has 9 heteroatoms. The molecule has 0 saturated heterocycles. The van der Waals surface area contributed by atoms with Crippen molar-refractivity contribution in [1.82, 2.24) is 10.6 Å². The van der Waals surface area contributed by atoms with Gasteiger partial charge in [-0.2, -0.15) is 0 Å². The number of Topliss-reactive ketones (excluding diaryl/α,β-unsaturated/α-hetero) is 1. The molecule has 0 aromatic heterocycles. The first-order valence-corrected chi connectivity index (χ1v) is 12.1. The molecule has 0 aliphatic heterocycles. The molecule has 1 aromatic rings. The molecule has 188 valence electrons. The van der Waals surface area contributed by atoms with Crippen LogP contribution < -0.4 is 16.4 Å². The standard InChI is InChI=1S/C25H37N3O6/c1-2-3-5-12-22(30)34-24(26)23(31)20(28-21(29)16-18-13-14-18)11-8-15-27-25(32)33-17-19-9-6-4-7-10-19/h4,6-7,9-10,18,20,24H,2-3,5,8,11-17,26H2,1H3,(H,27,32)(H,28,29). The van der Waals surface area contributed by atoms with E-state index in [1.807, 2.05) is 37.3 Å². The van der Waals surface area contributed by atoms with Crippen LogP contribution in [0.15, 0.2) is 30.3 Å².